The monoisotopic (exact) mass is 383 g/mol. The van der Waals surface area contributed by atoms with Crippen molar-refractivity contribution in [3.05, 3.63) is 52.5 Å². The number of nitrogens with zero attached hydrogens (tertiary/aromatic N) is 3. The number of rotatable bonds is 4. The fourth-order valence-corrected chi connectivity index (χ4v) is 5.39. The maximum absolute atomic E-state index is 13.7. The average molecular weight is 384 g/mol. The number of hydrogen-bond acceptors (Lipinski definition) is 5. The summed E-state index contributed by atoms with van der Waals surface area (Å²) < 4.78 is 6.35. The maximum Gasteiger partial charge on any atom is 0.257 e. The molecule has 1 saturated carbocycles. The lowest BCUT2D eigenvalue weighted by molar-refractivity contribution is -0.173. The van der Waals surface area contributed by atoms with Gasteiger partial charge in [-0.3, -0.25) is 14.7 Å². The van der Waals surface area contributed by atoms with Gasteiger partial charge in [-0.15, -0.1) is 0 Å². The summed E-state index contributed by atoms with van der Waals surface area (Å²) in [5, 5.41) is 4.20. The van der Waals surface area contributed by atoms with E-state index in [4.69, 9.17) is 4.74 Å². The Morgan fingerprint density at radius 3 is 2.96 bits per heavy atom. The molecule has 3 aliphatic rings. The first-order valence-electron chi connectivity index (χ1n) is 9.85. The quantitative estimate of drug-likeness (QED) is 0.814. The predicted octanol–water partition coefficient (Wildman–Crippen LogP) is 2.89. The lowest BCUT2D eigenvalue weighted by atomic mass is 9.83. The van der Waals surface area contributed by atoms with Crippen molar-refractivity contribution in [2.45, 2.75) is 43.4 Å². The number of aromatic nitrogens is 1. The summed E-state index contributed by atoms with van der Waals surface area (Å²) in [6, 6.07) is 6.77. The normalized spacial score (nSPS) is 29.4. The molecule has 6 heteroatoms. The molecule has 1 aliphatic carbocycles. The van der Waals surface area contributed by atoms with Crippen LogP contribution in [0.15, 0.2) is 41.4 Å². The summed E-state index contributed by atoms with van der Waals surface area (Å²) in [4.78, 5) is 22.5. The van der Waals surface area contributed by atoms with Gasteiger partial charge in [0.05, 0.1) is 6.61 Å². The second-order valence-corrected chi connectivity index (χ2v) is 8.73. The lowest BCUT2D eigenvalue weighted by Gasteiger charge is -2.43. The molecule has 0 radical (unpaired) electrons. The molecule has 0 aromatic carbocycles. The van der Waals surface area contributed by atoms with E-state index in [1.807, 2.05) is 17.2 Å². The number of likely N-dealkylation sites (tertiary alicyclic amines) is 1. The number of thiophene rings is 1. The van der Waals surface area contributed by atoms with Gasteiger partial charge in [0.1, 0.15) is 0 Å². The van der Waals surface area contributed by atoms with Gasteiger partial charge in [0.25, 0.3) is 5.91 Å². The SMILES string of the molecule is O=C1N(Cc2ccsc2)CCO[C@]12CN(C1CCC1)C[C@@H]2c1cccnc1. The van der Waals surface area contributed by atoms with E-state index in [1.54, 1.807) is 17.5 Å². The number of pyridine rings is 1. The topological polar surface area (TPSA) is 45.7 Å². The summed E-state index contributed by atoms with van der Waals surface area (Å²) in [5.41, 5.74) is 1.55. The molecule has 1 amide bonds. The molecule has 1 spiro atoms. The van der Waals surface area contributed by atoms with Crippen molar-refractivity contribution in [2.75, 3.05) is 26.2 Å². The van der Waals surface area contributed by atoms with Gasteiger partial charge in [0.15, 0.2) is 5.60 Å². The highest BCUT2D eigenvalue weighted by molar-refractivity contribution is 7.07. The third-order valence-electron chi connectivity index (χ3n) is 6.42. The standard InChI is InChI=1S/C21H25N3O2S/c25-20-21(26-9-8-23(20)12-16-6-10-27-14-16)15-24(18-4-1-5-18)13-19(21)17-3-2-7-22-11-17/h2-3,6-7,10-11,14,18-19H,1,4-5,8-9,12-13,15H2/t19-,21+/m1/s1. The van der Waals surface area contributed by atoms with Crippen LogP contribution in [0.25, 0.3) is 0 Å². The predicted molar refractivity (Wildman–Crippen MR) is 105 cm³/mol. The molecule has 5 rings (SSSR count). The molecule has 3 fully saturated rings. The number of carbonyl (C=O) groups excluding carboxylic acids is 1. The molecular formula is C21H25N3O2S. The second-order valence-electron chi connectivity index (χ2n) is 7.95. The smallest absolute Gasteiger partial charge is 0.257 e. The third kappa shape index (κ3) is 3.00. The first-order chi connectivity index (χ1) is 13.3. The Labute approximate surface area is 164 Å². The molecule has 0 unspecified atom stereocenters. The van der Waals surface area contributed by atoms with E-state index in [-0.39, 0.29) is 11.8 Å². The number of morpholine rings is 1. The van der Waals surface area contributed by atoms with Crippen LogP contribution in [0.2, 0.25) is 0 Å². The van der Waals surface area contributed by atoms with Crippen LogP contribution in [0.4, 0.5) is 0 Å². The minimum absolute atomic E-state index is 0.0459. The fourth-order valence-electron chi connectivity index (χ4n) is 4.73. The Hall–Kier alpha value is -1.76. The lowest BCUT2D eigenvalue weighted by Crippen LogP contribution is -2.60. The Kier molecular flexibility index (Phi) is 4.50. The number of hydrogen-bond donors (Lipinski definition) is 0. The number of carbonyl (C=O) groups is 1. The van der Waals surface area contributed by atoms with Crippen molar-refractivity contribution in [3.63, 3.8) is 0 Å². The second kappa shape index (κ2) is 7.00. The molecule has 2 aromatic heterocycles. The maximum atomic E-state index is 13.7. The summed E-state index contributed by atoms with van der Waals surface area (Å²) in [6.45, 7) is 3.53. The van der Waals surface area contributed by atoms with Gasteiger partial charge in [-0.25, -0.2) is 0 Å². The van der Waals surface area contributed by atoms with E-state index in [0.29, 0.717) is 32.3 Å². The van der Waals surface area contributed by atoms with Gasteiger partial charge < -0.3 is 9.64 Å². The largest absolute Gasteiger partial charge is 0.361 e. The Morgan fingerprint density at radius 2 is 2.26 bits per heavy atom. The summed E-state index contributed by atoms with van der Waals surface area (Å²) in [6.07, 6.45) is 7.47. The molecule has 2 saturated heterocycles. The van der Waals surface area contributed by atoms with Crippen molar-refractivity contribution in [1.29, 1.82) is 0 Å². The molecule has 2 aliphatic heterocycles. The van der Waals surface area contributed by atoms with Crippen molar-refractivity contribution in [3.8, 4) is 0 Å². The van der Waals surface area contributed by atoms with E-state index in [2.05, 4.69) is 32.8 Å². The van der Waals surface area contributed by atoms with Crippen LogP contribution in [-0.2, 0) is 16.1 Å². The van der Waals surface area contributed by atoms with Crippen LogP contribution >= 0.6 is 11.3 Å². The summed E-state index contributed by atoms with van der Waals surface area (Å²) in [5.74, 6) is 0.195. The van der Waals surface area contributed by atoms with Crippen LogP contribution < -0.4 is 0 Å². The molecule has 2 aromatic rings. The Balaban J connectivity index is 1.47. The molecule has 2 atom stereocenters. The van der Waals surface area contributed by atoms with Gasteiger partial charge in [0, 0.05) is 50.5 Å². The minimum atomic E-state index is -0.771. The van der Waals surface area contributed by atoms with Crippen molar-refractivity contribution < 1.29 is 9.53 Å². The molecular weight excluding hydrogens is 358 g/mol. The molecule has 4 heterocycles. The van der Waals surface area contributed by atoms with Gasteiger partial charge in [0.2, 0.25) is 0 Å². The zero-order valence-electron chi connectivity index (χ0n) is 15.4. The first kappa shape index (κ1) is 17.3. The van der Waals surface area contributed by atoms with E-state index in [1.165, 1.54) is 24.8 Å². The van der Waals surface area contributed by atoms with Crippen LogP contribution in [0, 0.1) is 0 Å². The van der Waals surface area contributed by atoms with E-state index in [9.17, 15) is 4.79 Å². The number of ether oxygens (including phenoxy) is 1. The molecule has 27 heavy (non-hydrogen) atoms. The minimum Gasteiger partial charge on any atom is -0.361 e. The highest BCUT2D eigenvalue weighted by atomic mass is 32.1. The highest BCUT2D eigenvalue weighted by Crippen LogP contribution is 2.44. The highest BCUT2D eigenvalue weighted by Gasteiger charge is 2.58. The van der Waals surface area contributed by atoms with Crippen LogP contribution in [0.3, 0.4) is 0 Å². The van der Waals surface area contributed by atoms with Crippen LogP contribution in [-0.4, -0.2) is 58.6 Å². The zero-order valence-corrected chi connectivity index (χ0v) is 16.2. The van der Waals surface area contributed by atoms with Crippen molar-refractivity contribution in [1.82, 2.24) is 14.8 Å². The molecule has 0 N–H and O–H groups in total. The molecule has 5 nitrogen and oxygen atoms in total. The summed E-state index contributed by atoms with van der Waals surface area (Å²) in [7, 11) is 0. The van der Waals surface area contributed by atoms with E-state index in [0.717, 1.165) is 12.1 Å². The van der Waals surface area contributed by atoms with E-state index >= 15 is 0 Å². The molecule has 0 bridgehead atoms. The van der Waals surface area contributed by atoms with Gasteiger partial charge >= 0.3 is 0 Å². The van der Waals surface area contributed by atoms with Gasteiger partial charge in [-0.05, 0) is 46.9 Å². The van der Waals surface area contributed by atoms with Gasteiger partial charge in [-0.2, -0.15) is 11.3 Å². The average Bonchev–Trinajstić information content (AvgIpc) is 3.27. The van der Waals surface area contributed by atoms with Crippen molar-refractivity contribution in [2.24, 2.45) is 0 Å². The Morgan fingerprint density at radius 1 is 1.33 bits per heavy atom. The fraction of sp³-hybridized carbons (Fsp3) is 0.524. The number of amides is 1. The Bertz CT molecular complexity index is 793. The zero-order chi connectivity index (χ0) is 18.3. The van der Waals surface area contributed by atoms with Gasteiger partial charge in [-0.1, -0.05) is 12.5 Å². The first-order valence-corrected chi connectivity index (χ1v) is 10.8. The van der Waals surface area contributed by atoms with Crippen molar-refractivity contribution >= 4 is 17.2 Å². The molecule has 142 valence electrons. The third-order valence-corrected chi connectivity index (χ3v) is 7.15. The summed E-state index contributed by atoms with van der Waals surface area (Å²) >= 11 is 1.68. The van der Waals surface area contributed by atoms with E-state index < -0.39 is 5.60 Å². The van der Waals surface area contributed by atoms with Crippen LogP contribution in [0.5, 0.6) is 0 Å². The van der Waals surface area contributed by atoms with Crippen LogP contribution in [0.1, 0.15) is 36.3 Å².